The van der Waals surface area contributed by atoms with Crippen LogP contribution in [-0.4, -0.2) is 51.2 Å². The molecule has 0 fully saturated rings. The van der Waals surface area contributed by atoms with Crippen LogP contribution >= 0.6 is 0 Å². The van der Waals surface area contributed by atoms with E-state index in [0.717, 1.165) is 36.8 Å². The molecule has 7 nitrogen and oxygen atoms in total. The number of benzene rings is 1. The lowest BCUT2D eigenvalue weighted by atomic mass is 9.97. The number of phenols is 1. The van der Waals surface area contributed by atoms with E-state index in [0.29, 0.717) is 12.1 Å². The highest BCUT2D eigenvalue weighted by Crippen LogP contribution is 2.25. The van der Waals surface area contributed by atoms with Crippen LogP contribution in [0.2, 0.25) is 0 Å². The van der Waals surface area contributed by atoms with Crippen molar-refractivity contribution in [3.8, 4) is 5.75 Å². The van der Waals surface area contributed by atoms with Crippen molar-refractivity contribution < 1.29 is 25.5 Å². The molecule has 0 aliphatic heterocycles. The second kappa shape index (κ2) is 12.2. The first kappa shape index (κ1) is 21.8. The van der Waals surface area contributed by atoms with Gasteiger partial charge in [-0.1, -0.05) is 32.3 Å². The molecule has 0 aromatic heterocycles. The highest BCUT2D eigenvalue weighted by molar-refractivity contribution is 5.42. The molecule has 0 aliphatic carbocycles. The fourth-order valence-electron chi connectivity index (χ4n) is 2.59. The molecule has 0 bridgehead atoms. The molecule has 25 heavy (non-hydrogen) atoms. The van der Waals surface area contributed by atoms with Crippen molar-refractivity contribution >= 4 is 0 Å². The van der Waals surface area contributed by atoms with Crippen LogP contribution in [-0.2, 0) is 19.5 Å². The van der Waals surface area contributed by atoms with E-state index in [1.165, 1.54) is 6.42 Å². The van der Waals surface area contributed by atoms with Crippen LogP contribution in [0.3, 0.4) is 0 Å². The molecule has 2 atom stereocenters. The van der Waals surface area contributed by atoms with Gasteiger partial charge in [-0.2, -0.15) is 0 Å². The average molecular weight is 356 g/mol. The Morgan fingerprint density at radius 3 is 2.00 bits per heavy atom. The number of aromatic hydroxyl groups is 1. The summed E-state index contributed by atoms with van der Waals surface area (Å²) in [4.78, 5) is 0. The zero-order valence-electron chi connectivity index (χ0n) is 14.9. The van der Waals surface area contributed by atoms with Gasteiger partial charge in [0.2, 0.25) is 0 Å². The molecule has 1 aromatic rings. The number of aliphatic hydroxyl groups excluding tert-OH is 4. The number of hydrogen-bond acceptors (Lipinski definition) is 7. The molecule has 7 N–H and O–H groups in total. The molecule has 7 heteroatoms. The minimum Gasteiger partial charge on any atom is -0.508 e. The van der Waals surface area contributed by atoms with Gasteiger partial charge in [-0.25, -0.2) is 0 Å². The largest absolute Gasteiger partial charge is 0.508 e. The molecule has 0 saturated carbocycles. The number of nitrogens with one attached hydrogen (secondary N) is 2. The van der Waals surface area contributed by atoms with Crippen molar-refractivity contribution in [2.75, 3.05) is 13.2 Å². The summed E-state index contributed by atoms with van der Waals surface area (Å²) in [7, 11) is 0. The number of phenolic OH excluding ortho intramolecular Hbond substituents is 1. The van der Waals surface area contributed by atoms with Crippen LogP contribution in [0.5, 0.6) is 5.75 Å². The summed E-state index contributed by atoms with van der Waals surface area (Å²) in [5.74, 6) is 0.0882. The van der Waals surface area contributed by atoms with Crippen molar-refractivity contribution in [3.05, 3.63) is 28.8 Å². The van der Waals surface area contributed by atoms with E-state index in [-0.39, 0.29) is 18.9 Å². The molecule has 1 aromatic carbocycles. The highest BCUT2D eigenvalue weighted by Gasteiger charge is 2.12. The Morgan fingerprint density at radius 2 is 1.44 bits per heavy atom. The Labute approximate surface area is 149 Å². The second-order valence-corrected chi connectivity index (χ2v) is 6.22. The predicted octanol–water partition coefficient (Wildman–Crippen LogP) is 0.316. The van der Waals surface area contributed by atoms with Gasteiger partial charge in [0.15, 0.2) is 0 Å². The highest BCUT2D eigenvalue weighted by atomic mass is 16.3. The van der Waals surface area contributed by atoms with Crippen molar-refractivity contribution in [3.63, 3.8) is 0 Å². The van der Waals surface area contributed by atoms with E-state index >= 15 is 0 Å². The summed E-state index contributed by atoms with van der Waals surface area (Å²) >= 11 is 0. The quantitative estimate of drug-likeness (QED) is 0.200. The third kappa shape index (κ3) is 8.13. The Kier molecular flexibility index (Phi) is 10.6. The van der Waals surface area contributed by atoms with Crippen LogP contribution < -0.4 is 10.6 Å². The molecule has 0 saturated heterocycles. The molecular weight excluding hydrogens is 324 g/mol. The van der Waals surface area contributed by atoms with Crippen molar-refractivity contribution in [2.24, 2.45) is 0 Å². The number of aliphatic hydroxyl groups is 4. The molecule has 2 unspecified atom stereocenters. The van der Waals surface area contributed by atoms with Crippen LogP contribution in [0.4, 0.5) is 0 Å². The lowest BCUT2D eigenvalue weighted by Crippen LogP contribution is -2.32. The van der Waals surface area contributed by atoms with Gasteiger partial charge in [0.05, 0.1) is 13.2 Å². The minimum absolute atomic E-state index is 0.0882. The van der Waals surface area contributed by atoms with E-state index in [1.54, 1.807) is 6.07 Å². The van der Waals surface area contributed by atoms with E-state index in [9.17, 15) is 15.3 Å². The van der Waals surface area contributed by atoms with Gasteiger partial charge in [0, 0.05) is 18.7 Å². The van der Waals surface area contributed by atoms with Crippen molar-refractivity contribution in [2.45, 2.75) is 64.6 Å². The fraction of sp³-hybridized carbons (Fsp3) is 0.667. The SMILES string of the molecule is CCCCCCc1cc(CNC(O)CO)c(O)cc1CNC(O)CO. The number of rotatable bonds is 13. The van der Waals surface area contributed by atoms with E-state index < -0.39 is 19.1 Å². The van der Waals surface area contributed by atoms with Crippen molar-refractivity contribution in [1.29, 1.82) is 0 Å². The van der Waals surface area contributed by atoms with Crippen LogP contribution in [0.15, 0.2) is 12.1 Å². The Morgan fingerprint density at radius 1 is 0.840 bits per heavy atom. The number of unbranched alkanes of at least 4 members (excludes halogenated alkanes) is 3. The third-order valence-electron chi connectivity index (χ3n) is 4.10. The Hall–Kier alpha value is -1.22. The molecule has 0 heterocycles. The normalized spacial score (nSPS) is 13.8. The summed E-state index contributed by atoms with van der Waals surface area (Å²) in [5, 5.41) is 52.4. The van der Waals surface area contributed by atoms with Gasteiger partial charge in [0.25, 0.3) is 0 Å². The van der Waals surface area contributed by atoms with E-state index in [4.69, 9.17) is 10.2 Å². The lowest BCUT2D eigenvalue weighted by Gasteiger charge is -2.17. The van der Waals surface area contributed by atoms with Gasteiger partial charge in [-0.15, -0.1) is 0 Å². The maximum Gasteiger partial charge on any atom is 0.128 e. The number of aryl methyl sites for hydroxylation is 1. The molecule has 0 aliphatic rings. The first-order valence-electron chi connectivity index (χ1n) is 8.90. The Bertz CT molecular complexity index is 499. The van der Waals surface area contributed by atoms with Crippen molar-refractivity contribution in [1.82, 2.24) is 10.6 Å². The smallest absolute Gasteiger partial charge is 0.128 e. The molecule has 144 valence electrons. The molecule has 0 radical (unpaired) electrons. The zero-order valence-corrected chi connectivity index (χ0v) is 14.9. The summed E-state index contributed by atoms with van der Waals surface area (Å²) in [5.41, 5.74) is 2.57. The third-order valence-corrected chi connectivity index (χ3v) is 4.10. The average Bonchev–Trinajstić information content (AvgIpc) is 2.62. The van der Waals surface area contributed by atoms with Gasteiger partial charge < -0.3 is 25.5 Å². The van der Waals surface area contributed by atoms with Gasteiger partial charge >= 0.3 is 0 Å². The second-order valence-electron chi connectivity index (χ2n) is 6.22. The van der Waals surface area contributed by atoms with Gasteiger partial charge in [0.1, 0.15) is 18.2 Å². The standard InChI is InChI=1S/C18H32N2O5/c1-2-3-4-5-6-13-7-15(10-20-18(25)12-22)16(23)8-14(13)9-19-17(24)11-21/h7-8,17-25H,2-6,9-12H2,1H3. The fourth-order valence-corrected chi connectivity index (χ4v) is 2.59. The monoisotopic (exact) mass is 356 g/mol. The first-order chi connectivity index (χ1) is 12.0. The van der Waals surface area contributed by atoms with E-state index in [1.807, 2.05) is 6.07 Å². The van der Waals surface area contributed by atoms with E-state index in [2.05, 4.69) is 17.6 Å². The van der Waals surface area contributed by atoms with Gasteiger partial charge in [-0.3, -0.25) is 10.6 Å². The summed E-state index contributed by atoms with van der Waals surface area (Å²) < 4.78 is 0. The maximum absolute atomic E-state index is 10.2. The summed E-state index contributed by atoms with van der Waals surface area (Å²) in [6.45, 7) is 1.96. The molecular formula is C18H32N2O5. The van der Waals surface area contributed by atoms with Gasteiger partial charge in [-0.05, 0) is 30.0 Å². The molecule has 1 rings (SSSR count). The maximum atomic E-state index is 10.2. The van der Waals surface area contributed by atoms with Crippen LogP contribution in [0.25, 0.3) is 0 Å². The molecule has 0 spiro atoms. The zero-order chi connectivity index (χ0) is 18.7. The molecule has 0 amide bonds. The van der Waals surface area contributed by atoms with Crippen LogP contribution in [0, 0.1) is 0 Å². The summed E-state index contributed by atoms with van der Waals surface area (Å²) in [6.07, 6.45) is 3.29. The first-order valence-corrected chi connectivity index (χ1v) is 8.90. The predicted molar refractivity (Wildman–Crippen MR) is 95.8 cm³/mol. The number of hydrogen-bond donors (Lipinski definition) is 7. The summed E-state index contributed by atoms with van der Waals surface area (Å²) in [6, 6.07) is 3.54. The topological polar surface area (TPSA) is 125 Å². The lowest BCUT2D eigenvalue weighted by molar-refractivity contribution is 0.0661. The minimum atomic E-state index is -1.03. The Balaban J connectivity index is 2.86. The van der Waals surface area contributed by atoms with Crippen LogP contribution in [0.1, 0.15) is 49.3 Å².